The molecule has 0 aliphatic carbocycles. The van der Waals surface area contributed by atoms with E-state index in [0.29, 0.717) is 25.3 Å². The summed E-state index contributed by atoms with van der Waals surface area (Å²) in [5.41, 5.74) is 0.470. The molecule has 0 radical (unpaired) electrons. The minimum atomic E-state index is -3.62. The highest BCUT2D eigenvalue weighted by Gasteiger charge is 2.31. The number of aromatic carboxylic acids is 1. The van der Waals surface area contributed by atoms with Gasteiger partial charge in [-0.3, -0.25) is 0 Å². The molecule has 106 valence electrons. The van der Waals surface area contributed by atoms with E-state index >= 15 is 0 Å². The number of carboxylic acid groups (broad SMARTS) is 1. The maximum atomic E-state index is 12.4. The summed E-state index contributed by atoms with van der Waals surface area (Å²) >= 11 is 0.799. The summed E-state index contributed by atoms with van der Waals surface area (Å²) in [6.07, 6.45) is -0.150. The maximum Gasteiger partial charge on any atom is 0.346 e. The molecule has 0 amide bonds. The maximum absolute atomic E-state index is 12.4. The molecule has 6 nitrogen and oxygen atoms in total. The number of rotatable bonds is 3. The van der Waals surface area contributed by atoms with Gasteiger partial charge in [0.25, 0.3) is 10.0 Å². The van der Waals surface area contributed by atoms with Gasteiger partial charge < -0.3 is 9.84 Å². The molecule has 1 aliphatic rings. The molecule has 1 unspecified atom stereocenters. The van der Waals surface area contributed by atoms with E-state index in [-0.39, 0.29) is 15.2 Å². The highest BCUT2D eigenvalue weighted by Crippen LogP contribution is 2.29. The number of sulfonamides is 1. The van der Waals surface area contributed by atoms with Crippen LogP contribution in [0.2, 0.25) is 0 Å². The molecular formula is C11H15NO5S2. The number of aryl methyl sites for hydroxylation is 1. The second-order valence-electron chi connectivity index (χ2n) is 4.43. The summed E-state index contributed by atoms with van der Waals surface area (Å²) in [5.74, 6) is -1.10. The molecule has 1 aromatic heterocycles. The van der Waals surface area contributed by atoms with Crippen molar-refractivity contribution < 1.29 is 23.1 Å². The molecule has 1 aromatic rings. The first-order chi connectivity index (χ1) is 8.82. The number of carbonyl (C=O) groups is 1. The van der Waals surface area contributed by atoms with E-state index in [9.17, 15) is 13.2 Å². The van der Waals surface area contributed by atoms with Crippen molar-refractivity contribution in [2.24, 2.45) is 0 Å². The molecule has 0 aromatic carbocycles. The Labute approximate surface area is 115 Å². The van der Waals surface area contributed by atoms with Crippen molar-refractivity contribution in [2.75, 3.05) is 19.7 Å². The minimum Gasteiger partial charge on any atom is -0.477 e. The van der Waals surface area contributed by atoms with Crippen LogP contribution in [-0.4, -0.2) is 49.6 Å². The molecule has 1 fully saturated rings. The van der Waals surface area contributed by atoms with E-state index in [2.05, 4.69) is 0 Å². The van der Waals surface area contributed by atoms with Crippen molar-refractivity contribution in [1.82, 2.24) is 4.31 Å². The van der Waals surface area contributed by atoms with Crippen LogP contribution in [0.3, 0.4) is 0 Å². The summed E-state index contributed by atoms with van der Waals surface area (Å²) in [6.45, 7) is 4.36. The zero-order valence-electron chi connectivity index (χ0n) is 10.6. The van der Waals surface area contributed by atoms with Crippen LogP contribution in [0.4, 0.5) is 0 Å². The molecule has 19 heavy (non-hydrogen) atoms. The molecule has 2 rings (SSSR count). The molecule has 2 heterocycles. The fourth-order valence-corrected chi connectivity index (χ4v) is 4.96. The van der Waals surface area contributed by atoms with Crippen molar-refractivity contribution in [2.45, 2.75) is 24.2 Å². The minimum absolute atomic E-state index is 0.0693. The van der Waals surface area contributed by atoms with E-state index in [4.69, 9.17) is 9.84 Å². The molecule has 0 spiro atoms. The number of ether oxygens (including phenoxy) is 1. The third kappa shape index (κ3) is 2.81. The van der Waals surface area contributed by atoms with Gasteiger partial charge in [0, 0.05) is 13.1 Å². The van der Waals surface area contributed by atoms with Gasteiger partial charge in [-0.2, -0.15) is 4.31 Å². The zero-order chi connectivity index (χ0) is 14.2. The van der Waals surface area contributed by atoms with E-state index < -0.39 is 16.0 Å². The van der Waals surface area contributed by atoms with Gasteiger partial charge in [0.2, 0.25) is 0 Å². The van der Waals surface area contributed by atoms with Gasteiger partial charge in [-0.25, -0.2) is 13.2 Å². The van der Waals surface area contributed by atoms with Gasteiger partial charge in [-0.15, -0.1) is 11.3 Å². The number of nitrogens with zero attached hydrogens (tertiary/aromatic N) is 1. The van der Waals surface area contributed by atoms with Gasteiger partial charge in [-0.05, 0) is 25.5 Å². The van der Waals surface area contributed by atoms with Crippen LogP contribution in [0.15, 0.2) is 10.3 Å². The second kappa shape index (κ2) is 5.20. The van der Waals surface area contributed by atoms with Gasteiger partial charge in [0.05, 0.1) is 12.7 Å². The Morgan fingerprint density at radius 3 is 2.79 bits per heavy atom. The van der Waals surface area contributed by atoms with Crippen LogP contribution in [0.5, 0.6) is 0 Å². The fourth-order valence-electron chi connectivity index (χ4n) is 1.92. The van der Waals surface area contributed by atoms with Gasteiger partial charge >= 0.3 is 5.97 Å². The highest BCUT2D eigenvalue weighted by molar-refractivity contribution is 7.91. The topological polar surface area (TPSA) is 83.9 Å². The number of hydrogen-bond donors (Lipinski definition) is 1. The molecule has 1 aliphatic heterocycles. The van der Waals surface area contributed by atoms with Crippen LogP contribution in [0, 0.1) is 6.92 Å². The van der Waals surface area contributed by atoms with E-state index in [1.807, 2.05) is 6.92 Å². The molecule has 0 bridgehead atoms. The molecule has 1 atom stereocenters. The standard InChI is InChI=1S/C11H15NO5S2/c1-7-5-9(18-10(7)11(13)14)19(15,16)12-3-4-17-8(2)6-12/h5,8H,3-4,6H2,1-2H3,(H,13,14). The predicted octanol–water partition coefficient (Wildman–Crippen LogP) is 1.16. The predicted molar refractivity (Wildman–Crippen MR) is 70.2 cm³/mol. The average Bonchev–Trinajstić information content (AvgIpc) is 2.72. The van der Waals surface area contributed by atoms with Crippen LogP contribution < -0.4 is 0 Å². The lowest BCUT2D eigenvalue weighted by atomic mass is 10.3. The lowest BCUT2D eigenvalue weighted by Gasteiger charge is -2.29. The summed E-state index contributed by atoms with van der Waals surface area (Å²) in [7, 11) is -3.62. The third-order valence-electron chi connectivity index (χ3n) is 2.89. The first kappa shape index (κ1) is 14.4. The van der Waals surface area contributed by atoms with Crippen LogP contribution in [0.1, 0.15) is 22.2 Å². The van der Waals surface area contributed by atoms with E-state index in [0.717, 1.165) is 11.3 Å². The van der Waals surface area contributed by atoms with Crippen molar-refractivity contribution in [3.05, 3.63) is 16.5 Å². The van der Waals surface area contributed by atoms with Crippen LogP contribution >= 0.6 is 11.3 Å². The Kier molecular flexibility index (Phi) is 3.95. The molecule has 1 N–H and O–H groups in total. The quantitative estimate of drug-likeness (QED) is 0.906. The summed E-state index contributed by atoms with van der Waals surface area (Å²) in [4.78, 5) is 11.0. The van der Waals surface area contributed by atoms with Crippen molar-refractivity contribution in [3.63, 3.8) is 0 Å². The van der Waals surface area contributed by atoms with Gasteiger partial charge in [0.15, 0.2) is 0 Å². The second-order valence-corrected chi connectivity index (χ2v) is 7.64. The smallest absolute Gasteiger partial charge is 0.346 e. The summed E-state index contributed by atoms with van der Waals surface area (Å²) in [6, 6.07) is 1.42. The Morgan fingerprint density at radius 2 is 2.26 bits per heavy atom. The number of hydrogen-bond acceptors (Lipinski definition) is 5. The molecule has 8 heteroatoms. The number of carboxylic acids is 1. The Morgan fingerprint density at radius 1 is 1.58 bits per heavy atom. The third-order valence-corrected chi connectivity index (χ3v) is 6.43. The van der Waals surface area contributed by atoms with Gasteiger partial charge in [-0.1, -0.05) is 0 Å². The largest absolute Gasteiger partial charge is 0.477 e. The SMILES string of the molecule is Cc1cc(S(=O)(=O)N2CCOC(C)C2)sc1C(=O)O. The lowest BCUT2D eigenvalue weighted by molar-refractivity contribution is 0.0102. The number of morpholine rings is 1. The fraction of sp³-hybridized carbons (Fsp3) is 0.545. The molecular weight excluding hydrogens is 290 g/mol. The Bertz CT molecular complexity index is 592. The van der Waals surface area contributed by atoms with E-state index in [1.54, 1.807) is 6.92 Å². The lowest BCUT2D eigenvalue weighted by Crippen LogP contribution is -2.44. The summed E-state index contributed by atoms with van der Waals surface area (Å²) < 4.78 is 31.6. The zero-order valence-corrected chi connectivity index (χ0v) is 12.3. The number of thiophene rings is 1. The summed E-state index contributed by atoms with van der Waals surface area (Å²) in [5, 5.41) is 8.98. The normalized spacial score (nSPS) is 21.5. The first-order valence-electron chi connectivity index (χ1n) is 5.78. The van der Waals surface area contributed by atoms with Crippen molar-refractivity contribution in [1.29, 1.82) is 0 Å². The molecule has 1 saturated heterocycles. The van der Waals surface area contributed by atoms with Crippen molar-refractivity contribution in [3.8, 4) is 0 Å². The van der Waals surface area contributed by atoms with Crippen LogP contribution in [0.25, 0.3) is 0 Å². The van der Waals surface area contributed by atoms with E-state index in [1.165, 1.54) is 10.4 Å². The van der Waals surface area contributed by atoms with Crippen LogP contribution in [-0.2, 0) is 14.8 Å². The van der Waals surface area contributed by atoms with Gasteiger partial charge in [0.1, 0.15) is 9.09 Å². The average molecular weight is 305 g/mol. The van der Waals surface area contributed by atoms with Crippen molar-refractivity contribution >= 4 is 27.3 Å². The molecule has 0 saturated carbocycles. The Hall–Kier alpha value is -0.960. The first-order valence-corrected chi connectivity index (χ1v) is 8.03. The monoisotopic (exact) mass is 305 g/mol. The highest BCUT2D eigenvalue weighted by atomic mass is 32.2. The Balaban J connectivity index is 2.34.